The third-order valence-corrected chi connectivity index (χ3v) is 5.69. The van der Waals surface area contributed by atoms with Crippen molar-refractivity contribution in [1.82, 2.24) is 14.9 Å². The van der Waals surface area contributed by atoms with E-state index in [4.69, 9.17) is 0 Å². The first-order chi connectivity index (χ1) is 11.4. The number of nitrogens with one attached hydrogen (secondary N) is 2. The van der Waals surface area contributed by atoms with Gasteiger partial charge in [0.05, 0.1) is 4.90 Å². The van der Waals surface area contributed by atoms with Crippen molar-refractivity contribution in [3.05, 3.63) is 30.1 Å². The Hall–Kier alpha value is -1.22. The summed E-state index contributed by atoms with van der Waals surface area (Å²) in [4.78, 5) is 13.9. The molecule has 1 aromatic carbocycles. The molecule has 1 saturated heterocycles. The van der Waals surface area contributed by atoms with Crippen LogP contribution in [0.3, 0.4) is 0 Å². The van der Waals surface area contributed by atoms with Crippen LogP contribution in [-0.2, 0) is 14.8 Å². The van der Waals surface area contributed by atoms with Crippen molar-refractivity contribution >= 4 is 28.3 Å². The highest BCUT2D eigenvalue weighted by Crippen LogP contribution is 2.17. The third-order valence-electron chi connectivity index (χ3n) is 4.21. The second kappa shape index (κ2) is 10.1. The third kappa shape index (κ3) is 6.54. The van der Waals surface area contributed by atoms with Crippen LogP contribution in [0, 0.1) is 11.7 Å². The van der Waals surface area contributed by atoms with Crippen molar-refractivity contribution < 1.29 is 17.6 Å². The molecule has 0 bridgehead atoms. The molecule has 0 aliphatic carbocycles. The molecule has 142 valence electrons. The summed E-state index contributed by atoms with van der Waals surface area (Å²) < 4.78 is 39.3. The van der Waals surface area contributed by atoms with E-state index in [-0.39, 0.29) is 36.2 Å². The van der Waals surface area contributed by atoms with Gasteiger partial charge in [-0.3, -0.25) is 4.79 Å². The highest BCUT2D eigenvalue weighted by atomic mass is 35.5. The van der Waals surface area contributed by atoms with Gasteiger partial charge in [-0.05, 0) is 56.6 Å². The van der Waals surface area contributed by atoms with Crippen molar-refractivity contribution in [3.8, 4) is 0 Å². The second-order valence-corrected chi connectivity index (χ2v) is 7.75. The number of benzene rings is 1. The molecular weight excluding hydrogens is 369 g/mol. The fraction of sp³-hybridized carbons (Fsp3) is 0.562. The van der Waals surface area contributed by atoms with Gasteiger partial charge in [-0.25, -0.2) is 17.5 Å². The number of piperidine rings is 1. The number of nitrogens with zero attached hydrogens (tertiary/aromatic N) is 1. The minimum Gasteiger partial charge on any atom is -0.343 e. The summed E-state index contributed by atoms with van der Waals surface area (Å²) in [7, 11) is -1.79. The zero-order valence-electron chi connectivity index (χ0n) is 14.2. The van der Waals surface area contributed by atoms with E-state index in [0.717, 1.165) is 44.6 Å². The van der Waals surface area contributed by atoms with Crippen molar-refractivity contribution in [3.63, 3.8) is 0 Å². The predicted molar refractivity (Wildman–Crippen MR) is 96.7 cm³/mol. The molecule has 0 radical (unpaired) electrons. The quantitative estimate of drug-likeness (QED) is 0.733. The summed E-state index contributed by atoms with van der Waals surface area (Å²) in [6.45, 7) is 2.43. The normalized spacial score (nSPS) is 15.7. The van der Waals surface area contributed by atoms with Gasteiger partial charge in [0.25, 0.3) is 0 Å². The number of carbonyl (C=O) groups is 1. The number of hydrogen-bond donors (Lipinski definition) is 2. The average molecular weight is 394 g/mol. The first kappa shape index (κ1) is 21.8. The van der Waals surface area contributed by atoms with Gasteiger partial charge in [-0.2, -0.15) is 0 Å². The highest BCUT2D eigenvalue weighted by molar-refractivity contribution is 7.89. The van der Waals surface area contributed by atoms with Crippen LogP contribution in [0.15, 0.2) is 29.2 Å². The van der Waals surface area contributed by atoms with Crippen LogP contribution < -0.4 is 10.0 Å². The minimum atomic E-state index is -3.72. The molecule has 1 aliphatic heterocycles. The molecule has 2 rings (SSSR count). The lowest BCUT2D eigenvalue weighted by Crippen LogP contribution is -2.41. The second-order valence-electron chi connectivity index (χ2n) is 5.98. The molecule has 0 unspecified atom stereocenters. The standard InChI is InChI=1S/C16H24FN3O3S.ClH/c1-18-12-13-7-10-20(11-8-13)16(21)6-9-19-24(22,23)15-4-2-14(17)3-5-15;/h2-5,13,18-19H,6-12H2,1H3;1H. The van der Waals surface area contributed by atoms with Crippen LogP contribution >= 0.6 is 12.4 Å². The minimum absolute atomic E-state index is 0. The van der Waals surface area contributed by atoms with E-state index in [1.54, 1.807) is 4.90 Å². The molecule has 9 heteroatoms. The van der Waals surface area contributed by atoms with Gasteiger partial charge >= 0.3 is 0 Å². The Balaban J connectivity index is 0.00000312. The average Bonchev–Trinajstić information content (AvgIpc) is 2.56. The maximum Gasteiger partial charge on any atom is 0.240 e. The molecule has 1 amide bonds. The van der Waals surface area contributed by atoms with Crippen LogP contribution in [0.1, 0.15) is 19.3 Å². The van der Waals surface area contributed by atoms with E-state index >= 15 is 0 Å². The van der Waals surface area contributed by atoms with Crippen LogP contribution in [0.25, 0.3) is 0 Å². The van der Waals surface area contributed by atoms with Crippen molar-refractivity contribution in [2.75, 3.05) is 33.2 Å². The molecule has 0 spiro atoms. The maximum absolute atomic E-state index is 12.8. The Kier molecular flexibility index (Phi) is 8.78. The molecule has 0 saturated carbocycles. The predicted octanol–water partition coefficient (Wildman–Crippen LogP) is 1.37. The smallest absolute Gasteiger partial charge is 0.240 e. The fourth-order valence-corrected chi connectivity index (χ4v) is 3.85. The van der Waals surface area contributed by atoms with Crippen LogP contribution in [0.5, 0.6) is 0 Å². The lowest BCUT2D eigenvalue weighted by atomic mass is 9.96. The molecule has 0 atom stereocenters. The molecule has 1 fully saturated rings. The van der Waals surface area contributed by atoms with Crippen molar-refractivity contribution in [1.29, 1.82) is 0 Å². The lowest BCUT2D eigenvalue weighted by molar-refractivity contribution is -0.132. The van der Waals surface area contributed by atoms with E-state index in [1.807, 2.05) is 7.05 Å². The van der Waals surface area contributed by atoms with Gasteiger partial charge in [0.15, 0.2) is 0 Å². The molecule has 0 aromatic heterocycles. The maximum atomic E-state index is 12.8. The topological polar surface area (TPSA) is 78.5 Å². The van der Waals surface area contributed by atoms with E-state index in [9.17, 15) is 17.6 Å². The van der Waals surface area contributed by atoms with Crippen LogP contribution in [-0.4, -0.2) is 52.5 Å². The lowest BCUT2D eigenvalue weighted by Gasteiger charge is -2.32. The SMILES string of the molecule is CNCC1CCN(C(=O)CCNS(=O)(=O)c2ccc(F)cc2)CC1.Cl. The number of amides is 1. The zero-order valence-corrected chi connectivity index (χ0v) is 15.8. The monoisotopic (exact) mass is 393 g/mol. The van der Waals surface area contributed by atoms with Gasteiger partial charge in [0.1, 0.15) is 5.82 Å². The zero-order chi connectivity index (χ0) is 17.6. The summed E-state index contributed by atoms with van der Waals surface area (Å²) >= 11 is 0. The summed E-state index contributed by atoms with van der Waals surface area (Å²) in [6, 6.07) is 4.59. The first-order valence-corrected chi connectivity index (χ1v) is 9.58. The molecule has 1 aromatic rings. The van der Waals surface area contributed by atoms with E-state index in [2.05, 4.69) is 10.0 Å². The number of halogens is 2. The van der Waals surface area contributed by atoms with E-state index < -0.39 is 15.8 Å². The number of likely N-dealkylation sites (tertiary alicyclic amines) is 1. The molecule has 1 aliphatic rings. The Bertz CT molecular complexity index is 647. The molecule has 25 heavy (non-hydrogen) atoms. The van der Waals surface area contributed by atoms with Gasteiger partial charge in [-0.15, -0.1) is 12.4 Å². The van der Waals surface area contributed by atoms with Crippen molar-refractivity contribution in [2.45, 2.75) is 24.2 Å². The van der Waals surface area contributed by atoms with Crippen LogP contribution in [0.4, 0.5) is 4.39 Å². The van der Waals surface area contributed by atoms with Gasteiger partial charge < -0.3 is 10.2 Å². The molecule has 6 nitrogen and oxygen atoms in total. The van der Waals surface area contributed by atoms with E-state index in [1.165, 1.54) is 12.1 Å². The summed E-state index contributed by atoms with van der Waals surface area (Å²) in [5.41, 5.74) is 0. The van der Waals surface area contributed by atoms with Crippen LogP contribution in [0.2, 0.25) is 0 Å². The Morgan fingerprint density at radius 1 is 1.24 bits per heavy atom. The molecule has 2 N–H and O–H groups in total. The summed E-state index contributed by atoms with van der Waals surface area (Å²) in [5.74, 6) is 0.0570. The van der Waals surface area contributed by atoms with Gasteiger partial charge in [0.2, 0.25) is 15.9 Å². The largest absolute Gasteiger partial charge is 0.343 e. The number of sulfonamides is 1. The van der Waals surface area contributed by atoms with Gasteiger partial charge in [-0.1, -0.05) is 0 Å². The summed E-state index contributed by atoms with van der Waals surface area (Å²) in [5, 5.41) is 3.15. The molecule has 1 heterocycles. The highest BCUT2D eigenvalue weighted by Gasteiger charge is 2.22. The Morgan fingerprint density at radius 2 is 1.84 bits per heavy atom. The number of carbonyl (C=O) groups excluding carboxylic acids is 1. The van der Waals surface area contributed by atoms with Gasteiger partial charge in [0, 0.05) is 26.1 Å². The van der Waals surface area contributed by atoms with Crippen molar-refractivity contribution in [2.24, 2.45) is 5.92 Å². The Morgan fingerprint density at radius 3 is 2.40 bits per heavy atom. The number of hydrogen-bond acceptors (Lipinski definition) is 4. The molecular formula is C16H25ClFN3O3S. The number of rotatable bonds is 7. The van der Waals surface area contributed by atoms with E-state index in [0.29, 0.717) is 5.92 Å². The summed E-state index contributed by atoms with van der Waals surface area (Å²) in [6.07, 6.45) is 2.05. The first-order valence-electron chi connectivity index (χ1n) is 8.10. The Labute approximate surface area is 154 Å². The fourth-order valence-electron chi connectivity index (χ4n) is 2.82.